The van der Waals surface area contributed by atoms with Crippen LogP contribution in [0, 0.1) is 0 Å². The first-order valence-electron chi connectivity index (χ1n) is 7.29. The van der Waals surface area contributed by atoms with Gasteiger partial charge < -0.3 is 10.6 Å². The molecule has 2 aromatic rings. The Balaban J connectivity index is 1.64. The second-order valence-electron chi connectivity index (χ2n) is 5.47. The summed E-state index contributed by atoms with van der Waals surface area (Å²) < 4.78 is 0. The summed E-state index contributed by atoms with van der Waals surface area (Å²) in [6.07, 6.45) is 2.68. The van der Waals surface area contributed by atoms with Gasteiger partial charge in [-0.2, -0.15) is 0 Å². The van der Waals surface area contributed by atoms with Crippen molar-refractivity contribution in [3.63, 3.8) is 0 Å². The van der Waals surface area contributed by atoms with Crippen LogP contribution in [0.2, 0.25) is 0 Å². The first-order valence-corrected chi connectivity index (χ1v) is 7.29. The fourth-order valence-electron chi connectivity index (χ4n) is 2.79. The number of hydrogen-bond donors (Lipinski definition) is 2. The molecule has 3 heteroatoms. The SMILES string of the molecule is O=C(Cc1ccc2ccccc2c1)NC1CCCNC1. The van der Waals surface area contributed by atoms with Crippen molar-refractivity contribution < 1.29 is 4.79 Å². The molecular formula is C17H20N2O. The summed E-state index contributed by atoms with van der Waals surface area (Å²) in [4.78, 5) is 12.1. The second-order valence-corrected chi connectivity index (χ2v) is 5.47. The molecule has 1 aliphatic heterocycles. The van der Waals surface area contributed by atoms with Crippen LogP contribution in [0.15, 0.2) is 42.5 Å². The van der Waals surface area contributed by atoms with Crippen LogP contribution in [-0.2, 0) is 11.2 Å². The van der Waals surface area contributed by atoms with Crippen molar-refractivity contribution in [3.05, 3.63) is 48.0 Å². The van der Waals surface area contributed by atoms with Gasteiger partial charge in [0.05, 0.1) is 6.42 Å². The lowest BCUT2D eigenvalue weighted by molar-refractivity contribution is -0.121. The normalized spacial score (nSPS) is 18.9. The molecule has 0 saturated carbocycles. The Morgan fingerprint density at radius 3 is 2.85 bits per heavy atom. The highest BCUT2D eigenvalue weighted by molar-refractivity contribution is 5.85. The number of piperidine rings is 1. The Bertz CT molecular complexity index is 603. The molecule has 1 saturated heterocycles. The van der Waals surface area contributed by atoms with Gasteiger partial charge >= 0.3 is 0 Å². The molecule has 0 aromatic heterocycles. The van der Waals surface area contributed by atoms with Crippen LogP contribution in [0.1, 0.15) is 18.4 Å². The van der Waals surface area contributed by atoms with Gasteiger partial charge in [-0.3, -0.25) is 4.79 Å². The van der Waals surface area contributed by atoms with Crippen molar-refractivity contribution in [1.82, 2.24) is 10.6 Å². The zero-order valence-corrected chi connectivity index (χ0v) is 11.6. The molecule has 1 amide bonds. The maximum absolute atomic E-state index is 12.1. The van der Waals surface area contributed by atoms with Crippen molar-refractivity contribution in [1.29, 1.82) is 0 Å². The first kappa shape index (κ1) is 13.1. The highest BCUT2D eigenvalue weighted by Crippen LogP contribution is 2.16. The van der Waals surface area contributed by atoms with Crippen molar-refractivity contribution in [2.24, 2.45) is 0 Å². The van der Waals surface area contributed by atoms with E-state index in [0.29, 0.717) is 6.42 Å². The van der Waals surface area contributed by atoms with E-state index in [9.17, 15) is 4.79 Å². The summed E-state index contributed by atoms with van der Waals surface area (Å²) >= 11 is 0. The molecule has 1 atom stereocenters. The van der Waals surface area contributed by atoms with Crippen LogP contribution < -0.4 is 10.6 Å². The lowest BCUT2D eigenvalue weighted by Gasteiger charge is -2.23. The van der Waals surface area contributed by atoms with Crippen molar-refractivity contribution in [2.45, 2.75) is 25.3 Å². The van der Waals surface area contributed by atoms with Crippen LogP contribution in [-0.4, -0.2) is 25.0 Å². The smallest absolute Gasteiger partial charge is 0.224 e. The maximum Gasteiger partial charge on any atom is 0.224 e. The zero-order valence-electron chi connectivity index (χ0n) is 11.6. The van der Waals surface area contributed by atoms with E-state index in [4.69, 9.17) is 0 Å². The Hall–Kier alpha value is -1.87. The van der Waals surface area contributed by atoms with E-state index in [-0.39, 0.29) is 11.9 Å². The molecular weight excluding hydrogens is 248 g/mol. The van der Waals surface area contributed by atoms with Gasteiger partial charge in [-0.1, -0.05) is 42.5 Å². The topological polar surface area (TPSA) is 41.1 Å². The third-order valence-electron chi connectivity index (χ3n) is 3.84. The summed E-state index contributed by atoms with van der Waals surface area (Å²) in [5.74, 6) is 0.119. The third kappa shape index (κ3) is 3.17. The largest absolute Gasteiger partial charge is 0.352 e. The van der Waals surface area contributed by atoms with Crippen LogP contribution in [0.3, 0.4) is 0 Å². The lowest BCUT2D eigenvalue weighted by atomic mass is 10.0. The Labute approximate surface area is 119 Å². The molecule has 104 valence electrons. The summed E-state index contributed by atoms with van der Waals surface area (Å²) in [6, 6.07) is 14.8. The summed E-state index contributed by atoms with van der Waals surface area (Å²) in [5, 5.41) is 8.84. The zero-order chi connectivity index (χ0) is 13.8. The highest BCUT2D eigenvalue weighted by atomic mass is 16.1. The number of fused-ring (bicyclic) bond motifs is 1. The van der Waals surface area contributed by atoms with E-state index in [0.717, 1.165) is 31.5 Å². The fourth-order valence-corrected chi connectivity index (χ4v) is 2.79. The quantitative estimate of drug-likeness (QED) is 0.896. The average Bonchev–Trinajstić information content (AvgIpc) is 2.48. The van der Waals surface area contributed by atoms with Crippen molar-refractivity contribution in [3.8, 4) is 0 Å². The molecule has 1 aliphatic rings. The van der Waals surface area contributed by atoms with Gasteiger partial charge in [0, 0.05) is 12.6 Å². The molecule has 3 rings (SSSR count). The molecule has 0 spiro atoms. The molecule has 1 fully saturated rings. The Kier molecular flexibility index (Phi) is 3.97. The molecule has 20 heavy (non-hydrogen) atoms. The van der Waals surface area contributed by atoms with E-state index < -0.39 is 0 Å². The van der Waals surface area contributed by atoms with Gasteiger partial charge in [0.2, 0.25) is 5.91 Å². The molecule has 2 aromatic carbocycles. The highest BCUT2D eigenvalue weighted by Gasteiger charge is 2.15. The number of amides is 1. The molecule has 1 heterocycles. The fraction of sp³-hybridized carbons (Fsp3) is 0.353. The predicted octanol–water partition coefficient (Wildman–Crippen LogP) is 2.25. The minimum absolute atomic E-state index is 0.119. The van der Waals surface area contributed by atoms with Gasteiger partial charge in [0.15, 0.2) is 0 Å². The van der Waals surface area contributed by atoms with Gasteiger partial charge in [-0.15, -0.1) is 0 Å². The van der Waals surface area contributed by atoms with Crippen LogP contribution in [0.4, 0.5) is 0 Å². The van der Waals surface area contributed by atoms with E-state index in [1.807, 2.05) is 18.2 Å². The summed E-state index contributed by atoms with van der Waals surface area (Å²) in [5.41, 5.74) is 1.07. The lowest BCUT2D eigenvalue weighted by Crippen LogP contribution is -2.46. The number of rotatable bonds is 3. The van der Waals surface area contributed by atoms with Gasteiger partial charge in [-0.05, 0) is 35.7 Å². The number of carbonyl (C=O) groups is 1. The molecule has 3 nitrogen and oxygen atoms in total. The Morgan fingerprint density at radius 2 is 2.05 bits per heavy atom. The third-order valence-corrected chi connectivity index (χ3v) is 3.84. The van der Waals surface area contributed by atoms with E-state index in [1.54, 1.807) is 0 Å². The minimum Gasteiger partial charge on any atom is -0.352 e. The van der Waals surface area contributed by atoms with Crippen LogP contribution in [0.5, 0.6) is 0 Å². The maximum atomic E-state index is 12.1. The molecule has 0 aliphatic carbocycles. The van der Waals surface area contributed by atoms with Crippen molar-refractivity contribution in [2.75, 3.05) is 13.1 Å². The average molecular weight is 268 g/mol. The summed E-state index contributed by atoms with van der Waals surface area (Å²) in [6.45, 7) is 1.96. The summed E-state index contributed by atoms with van der Waals surface area (Å²) in [7, 11) is 0. The number of benzene rings is 2. The number of carbonyl (C=O) groups excluding carboxylic acids is 1. The van der Waals surface area contributed by atoms with E-state index >= 15 is 0 Å². The number of hydrogen-bond acceptors (Lipinski definition) is 2. The standard InChI is InChI=1S/C17H20N2O/c20-17(19-16-6-3-9-18-12-16)11-13-7-8-14-4-1-2-5-15(14)10-13/h1-2,4-5,7-8,10,16,18H,3,6,9,11-12H2,(H,19,20). The molecule has 2 N–H and O–H groups in total. The van der Waals surface area contributed by atoms with Crippen LogP contribution in [0.25, 0.3) is 10.8 Å². The van der Waals surface area contributed by atoms with Gasteiger partial charge in [0.1, 0.15) is 0 Å². The molecule has 1 unspecified atom stereocenters. The second kappa shape index (κ2) is 6.06. The van der Waals surface area contributed by atoms with E-state index in [2.05, 4.69) is 34.9 Å². The van der Waals surface area contributed by atoms with E-state index in [1.165, 1.54) is 10.8 Å². The molecule has 0 radical (unpaired) electrons. The predicted molar refractivity (Wildman–Crippen MR) is 81.7 cm³/mol. The van der Waals surface area contributed by atoms with Gasteiger partial charge in [0.25, 0.3) is 0 Å². The van der Waals surface area contributed by atoms with Crippen LogP contribution >= 0.6 is 0 Å². The molecule has 0 bridgehead atoms. The monoisotopic (exact) mass is 268 g/mol. The minimum atomic E-state index is 0.119. The van der Waals surface area contributed by atoms with Gasteiger partial charge in [-0.25, -0.2) is 0 Å². The number of nitrogens with one attached hydrogen (secondary N) is 2. The van der Waals surface area contributed by atoms with Crippen molar-refractivity contribution >= 4 is 16.7 Å². The Morgan fingerprint density at radius 1 is 1.20 bits per heavy atom. The first-order chi connectivity index (χ1) is 9.81.